The Kier molecular flexibility index (Phi) is 6.37. The molecule has 0 atom stereocenters. The maximum atomic E-state index is 13.7. The zero-order valence-electron chi connectivity index (χ0n) is 12.1. The summed E-state index contributed by atoms with van der Waals surface area (Å²) < 4.78 is 13.7. The molecular formula is C15H18FN3O2. The van der Waals surface area contributed by atoms with Gasteiger partial charge in [-0.15, -0.1) is 0 Å². The first-order chi connectivity index (χ1) is 9.99. The number of benzene rings is 1. The van der Waals surface area contributed by atoms with Gasteiger partial charge in [0.05, 0.1) is 18.7 Å². The van der Waals surface area contributed by atoms with Crippen molar-refractivity contribution < 1.29 is 14.0 Å². The van der Waals surface area contributed by atoms with Crippen LogP contribution in [0.1, 0.15) is 22.8 Å². The third-order valence-electron chi connectivity index (χ3n) is 2.86. The van der Waals surface area contributed by atoms with Gasteiger partial charge >= 0.3 is 0 Å². The van der Waals surface area contributed by atoms with Crippen molar-refractivity contribution in [3.63, 3.8) is 0 Å². The van der Waals surface area contributed by atoms with E-state index in [1.54, 1.807) is 7.05 Å². The van der Waals surface area contributed by atoms with E-state index >= 15 is 0 Å². The Balaban J connectivity index is 2.71. The van der Waals surface area contributed by atoms with Crippen molar-refractivity contribution in [2.45, 2.75) is 6.92 Å². The van der Waals surface area contributed by atoms with Crippen LogP contribution in [0.3, 0.4) is 0 Å². The van der Waals surface area contributed by atoms with Gasteiger partial charge in [-0.3, -0.25) is 9.59 Å². The highest BCUT2D eigenvalue weighted by atomic mass is 19.1. The minimum Gasteiger partial charge on any atom is -0.345 e. The molecular weight excluding hydrogens is 273 g/mol. The lowest BCUT2D eigenvalue weighted by Gasteiger charge is -2.14. The van der Waals surface area contributed by atoms with Gasteiger partial charge in [-0.05, 0) is 25.1 Å². The monoisotopic (exact) mass is 291 g/mol. The van der Waals surface area contributed by atoms with Gasteiger partial charge < -0.3 is 16.0 Å². The summed E-state index contributed by atoms with van der Waals surface area (Å²) in [4.78, 5) is 24.9. The third kappa shape index (κ3) is 4.89. The van der Waals surface area contributed by atoms with Crippen LogP contribution < -0.4 is 11.1 Å². The summed E-state index contributed by atoms with van der Waals surface area (Å²) in [5.41, 5.74) is 5.53. The first-order valence-corrected chi connectivity index (χ1v) is 6.50. The average molecular weight is 291 g/mol. The van der Waals surface area contributed by atoms with Gasteiger partial charge in [0.25, 0.3) is 5.91 Å². The molecule has 0 aliphatic carbocycles. The minimum absolute atomic E-state index is 0.125. The lowest BCUT2D eigenvalue weighted by Crippen LogP contribution is -2.38. The van der Waals surface area contributed by atoms with Crippen molar-refractivity contribution >= 4 is 11.8 Å². The molecule has 6 heteroatoms. The summed E-state index contributed by atoms with van der Waals surface area (Å²) in [5.74, 6) is 3.79. The van der Waals surface area contributed by atoms with Crippen LogP contribution in [0.4, 0.5) is 4.39 Å². The highest BCUT2D eigenvalue weighted by molar-refractivity contribution is 5.96. The van der Waals surface area contributed by atoms with Crippen molar-refractivity contribution in [3.8, 4) is 11.8 Å². The molecule has 0 fully saturated rings. The number of amides is 2. The lowest BCUT2D eigenvalue weighted by atomic mass is 10.1. The van der Waals surface area contributed by atoms with Crippen molar-refractivity contribution in [3.05, 3.63) is 35.1 Å². The summed E-state index contributed by atoms with van der Waals surface area (Å²) in [6, 6.07) is 3.95. The molecule has 1 rings (SSSR count). The lowest BCUT2D eigenvalue weighted by molar-refractivity contribution is -0.128. The fourth-order valence-corrected chi connectivity index (χ4v) is 1.47. The van der Waals surface area contributed by atoms with E-state index < -0.39 is 11.7 Å². The molecule has 0 radical (unpaired) electrons. The second-order valence-corrected chi connectivity index (χ2v) is 4.29. The summed E-state index contributed by atoms with van der Waals surface area (Å²) >= 11 is 0. The van der Waals surface area contributed by atoms with E-state index in [0.29, 0.717) is 6.54 Å². The Morgan fingerprint density at radius 1 is 1.43 bits per heavy atom. The Labute approximate surface area is 123 Å². The van der Waals surface area contributed by atoms with Crippen LogP contribution in [0, 0.1) is 17.7 Å². The predicted molar refractivity (Wildman–Crippen MR) is 78.0 cm³/mol. The van der Waals surface area contributed by atoms with Crippen molar-refractivity contribution in [2.75, 3.05) is 26.7 Å². The maximum Gasteiger partial charge on any atom is 0.251 e. The Morgan fingerprint density at radius 2 is 2.14 bits per heavy atom. The number of nitrogens with zero attached hydrogens (tertiary/aromatic N) is 1. The molecule has 2 amide bonds. The Bertz CT molecular complexity index is 590. The molecule has 3 N–H and O–H groups in total. The minimum atomic E-state index is -0.597. The van der Waals surface area contributed by atoms with E-state index in [-0.39, 0.29) is 30.1 Å². The molecule has 112 valence electrons. The highest BCUT2D eigenvalue weighted by Gasteiger charge is 2.12. The largest absolute Gasteiger partial charge is 0.345 e. The second kappa shape index (κ2) is 8.02. The fourth-order valence-electron chi connectivity index (χ4n) is 1.47. The van der Waals surface area contributed by atoms with Crippen LogP contribution in [0.2, 0.25) is 0 Å². The molecule has 0 aromatic heterocycles. The smallest absolute Gasteiger partial charge is 0.251 e. The number of halogens is 1. The van der Waals surface area contributed by atoms with Gasteiger partial charge in [-0.2, -0.15) is 0 Å². The standard InChI is InChI=1S/C15H18FN3O2/c1-3-19(2)14(20)10-18-15(21)12-7-6-11(5-4-8-17)13(16)9-12/h6-7,9H,3,8,10,17H2,1-2H3,(H,18,21). The van der Waals surface area contributed by atoms with E-state index in [1.165, 1.54) is 17.0 Å². The molecule has 0 aliphatic rings. The molecule has 1 aromatic carbocycles. The van der Waals surface area contributed by atoms with Gasteiger partial charge in [0.1, 0.15) is 5.82 Å². The number of rotatable bonds is 4. The number of hydrogen-bond donors (Lipinski definition) is 2. The zero-order chi connectivity index (χ0) is 15.8. The van der Waals surface area contributed by atoms with E-state index in [9.17, 15) is 14.0 Å². The third-order valence-corrected chi connectivity index (χ3v) is 2.86. The number of nitrogens with one attached hydrogen (secondary N) is 1. The van der Waals surface area contributed by atoms with Gasteiger partial charge in [0, 0.05) is 19.2 Å². The second-order valence-electron chi connectivity index (χ2n) is 4.29. The number of carbonyl (C=O) groups excluding carboxylic acids is 2. The Morgan fingerprint density at radius 3 is 2.71 bits per heavy atom. The normalized spacial score (nSPS) is 9.52. The quantitative estimate of drug-likeness (QED) is 0.786. The van der Waals surface area contributed by atoms with Crippen LogP contribution in [0.15, 0.2) is 18.2 Å². The van der Waals surface area contributed by atoms with Gasteiger partial charge in [-0.1, -0.05) is 11.8 Å². The van der Waals surface area contributed by atoms with E-state index in [4.69, 9.17) is 5.73 Å². The molecule has 0 saturated carbocycles. The number of carbonyl (C=O) groups is 2. The maximum absolute atomic E-state index is 13.7. The number of likely N-dealkylation sites (N-methyl/N-ethyl adjacent to an activating group) is 1. The van der Waals surface area contributed by atoms with Crippen LogP contribution in [-0.2, 0) is 4.79 Å². The first-order valence-electron chi connectivity index (χ1n) is 6.50. The molecule has 21 heavy (non-hydrogen) atoms. The SMILES string of the molecule is CCN(C)C(=O)CNC(=O)c1ccc(C#CCN)c(F)c1. The molecule has 0 spiro atoms. The first kappa shape index (κ1) is 16.7. The predicted octanol–water partition coefficient (Wildman–Crippen LogP) is 0.344. The fraction of sp³-hybridized carbons (Fsp3) is 0.333. The number of nitrogens with two attached hydrogens (primary N) is 1. The van der Waals surface area contributed by atoms with Gasteiger partial charge in [-0.25, -0.2) is 4.39 Å². The van der Waals surface area contributed by atoms with Crippen LogP contribution >= 0.6 is 0 Å². The van der Waals surface area contributed by atoms with E-state index in [2.05, 4.69) is 17.2 Å². The number of hydrogen-bond acceptors (Lipinski definition) is 3. The van der Waals surface area contributed by atoms with Gasteiger partial charge in [0.2, 0.25) is 5.91 Å². The Hall–Kier alpha value is -2.39. The van der Waals surface area contributed by atoms with Crippen LogP contribution in [0.5, 0.6) is 0 Å². The zero-order valence-corrected chi connectivity index (χ0v) is 12.1. The van der Waals surface area contributed by atoms with E-state index in [0.717, 1.165) is 6.07 Å². The average Bonchev–Trinajstić information content (AvgIpc) is 2.50. The highest BCUT2D eigenvalue weighted by Crippen LogP contribution is 2.09. The summed E-state index contributed by atoms with van der Waals surface area (Å²) in [5, 5.41) is 2.45. The summed E-state index contributed by atoms with van der Waals surface area (Å²) in [7, 11) is 1.64. The molecule has 1 aromatic rings. The van der Waals surface area contributed by atoms with Crippen LogP contribution in [0.25, 0.3) is 0 Å². The van der Waals surface area contributed by atoms with Gasteiger partial charge in [0.15, 0.2) is 0 Å². The molecule has 0 aliphatic heterocycles. The van der Waals surface area contributed by atoms with Crippen molar-refractivity contribution in [1.82, 2.24) is 10.2 Å². The van der Waals surface area contributed by atoms with Crippen molar-refractivity contribution in [2.24, 2.45) is 5.73 Å². The van der Waals surface area contributed by atoms with Crippen LogP contribution in [-0.4, -0.2) is 43.4 Å². The summed E-state index contributed by atoms with van der Waals surface area (Å²) in [6.07, 6.45) is 0. The molecule has 5 nitrogen and oxygen atoms in total. The molecule has 0 unspecified atom stereocenters. The van der Waals surface area contributed by atoms with E-state index in [1.807, 2.05) is 6.92 Å². The van der Waals surface area contributed by atoms with Crippen molar-refractivity contribution in [1.29, 1.82) is 0 Å². The topological polar surface area (TPSA) is 75.4 Å². The summed E-state index contributed by atoms with van der Waals surface area (Å²) in [6.45, 7) is 2.39. The molecule has 0 bridgehead atoms. The molecule has 0 saturated heterocycles. The molecule has 0 heterocycles.